The molecule has 0 saturated carbocycles. The third-order valence-electron chi connectivity index (χ3n) is 5.26. The highest BCUT2D eigenvalue weighted by Gasteiger charge is 2.32. The predicted octanol–water partition coefficient (Wildman–Crippen LogP) is 6.36. The molecular formula is C27H23Cl3N2O6. The second kappa shape index (κ2) is 12.9. The molecular weight excluding hydrogens is 555 g/mol. The van der Waals surface area contributed by atoms with Gasteiger partial charge in [0.25, 0.3) is 0 Å². The molecule has 0 radical (unpaired) electrons. The average Bonchev–Trinajstić information content (AvgIpc) is 3.32. The maximum atomic E-state index is 12.2. The molecule has 1 aliphatic heterocycles. The van der Waals surface area contributed by atoms with Gasteiger partial charge in [0.2, 0.25) is 18.0 Å². The molecule has 11 heteroatoms. The fourth-order valence-corrected chi connectivity index (χ4v) is 3.99. The summed E-state index contributed by atoms with van der Waals surface area (Å²) in [4.78, 5) is 24.3. The molecule has 4 rings (SSSR count). The molecule has 1 aliphatic rings. The summed E-state index contributed by atoms with van der Waals surface area (Å²) < 4.78 is 22.6. The van der Waals surface area contributed by atoms with Crippen LogP contribution in [0.4, 0.5) is 0 Å². The van der Waals surface area contributed by atoms with Crippen molar-refractivity contribution in [3.8, 4) is 17.2 Å². The quantitative estimate of drug-likeness (QED) is 0.158. The maximum absolute atomic E-state index is 12.2. The Bertz CT molecular complexity index is 1320. The smallest absolute Gasteiger partial charge is 0.311 e. The van der Waals surface area contributed by atoms with Gasteiger partial charge in [0.1, 0.15) is 23.9 Å². The van der Waals surface area contributed by atoms with Crippen LogP contribution in [0.2, 0.25) is 15.1 Å². The van der Waals surface area contributed by atoms with E-state index < -0.39 is 12.2 Å². The van der Waals surface area contributed by atoms with Gasteiger partial charge in [-0.25, -0.2) is 0 Å². The lowest BCUT2D eigenvalue weighted by Gasteiger charge is -2.19. The van der Waals surface area contributed by atoms with Crippen LogP contribution in [-0.4, -0.2) is 42.2 Å². The van der Waals surface area contributed by atoms with Gasteiger partial charge >= 0.3 is 5.97 Å². The van der Waals surface area contributed by atoms with Crippen LogP contribution in [-0.2, 0) is 14.3 Å². The summed E-state index contributed by atoms with van der Waals surface area (Å²) in [6.07, 6.45) is -0.132. The highest BCUT2D eigenvalue weighted by molar-refractivity contribution is 6.35. The second-order valence-electron chi connectivity index (χ2n) is 8.13. The highest BCUT2D eigenvalue weighted by Crippen LogP contribution is 2.28. The first-order valence-corrected chi connectivity index (χ1v) is 12.7. The van der Waals surface area contributed by atoms with E-state index in [1.54, 1.807) is 66.7 Å². The number of carbonyl (C=O) groups excluding carboxylic acids is 2. The minimum Gasteiger partial charge on any atom is -0.492 e. The summed E-state index contributed by atoms with van der Waals surface area (Å²) >= 11 is 17.8. The van der Waals surface area contributed by atoms with Gasteiger partial charge in [-0.2, -0.15) is 5.01 Å². The van der Waals surface area contributed by atoms with E-state index in [2.05, 4.69) is 5.10 Å². The Morgan fingerprint density at radius 1 is 0.921 bits per heavy atom. The normalized spacial score (nSPS) is 14.5. The van der Waals surface area contributed by atoms with Crippen LogP contribution in [0.1, 0.15) is 25.3 Å². The van der Waals surface area contributed by atoms with Crippen molar-refractivity contribution >= 4 is 52.6 Å². The van der Waals surface area contributed by atoms with Gasteiger partial charge in [0.05, 0.1) is 11.6 Å². The van der Waals surface area contributed by atoms with Crippen molar-refractivity contribution < 1.29 is 28.5 Å². The van der Waals surface area contributed by atoms with Gasteiger partial charge in [0, 0.05) is 29.0 Å². The highest BCUT2D eigenvalue weighted by atomic mass is 35.5. The molecule has 1 amide bonds. The van der Waals surface area contributed by atoms with E-state index in [9.17, 15) is 9.59 Å². The topological polar surface area (TPSA) is 86.7 Å². The number of benzene rings is 3. The fourth-order valence-electron chi connectivity index (χ4n) is 3.41. The third kappa shape index (κ3) is 7.54. The molecule has 1 heterocycles. The fraction of sp³-hybridized carbons (Fsp3) is 0.222. The lowest BCUT2D eigenvalue weighted by atomic mass is 10.2. The number of amides is 1. The van der Waals surface area contributed by atoms with Crippen molar-refractivity contribution in [1.29, 1.82) is 0 Å². The van der Waals surface area contributed by atoms with Gasteiger partial charge in [0.15, 0.2) is 0 Å². The van der Waals surface area contributed by atoms with Crippen LogP contribution in [0.25, 0.3) is 0 Å². The molecule has 0 saturated heterocycles. The van der Waals surface area contributed by atoms with Gasteiger partial charge in [-0.05, 0) is 73.2 Å². The summed E-state index contributed by atoms with van der Waals surface area (Å²) in [7, 11) is 0. The zero-order valence-corrected chi connectivity index (χ0v) is 22.5. The van der Waals surface area contributed by atoms with Crippen LogP contribution in [0, 0.1) is 0 Å². The number of hydrogen-bond donors (Lipinski definition) is 0. The summed E-state index contributed by atoms with van der Waals surface area (Å²) in [6, 6.07) is 18.4. The number of carbonyl (C=O) groups is 2. The number of hydrogen-bond acceptors (Lipinski definition) is 7. The van der Waals surface area contributed by atoms with Crippen molar-refractivity contribution in [3.05, 3.63) is 87.4 Å². The Hall–Kier alpha value is -3.46. The minimum absolute atomic E-state index is 0.0673. The number of ether oxygens (including phenoxy) is 4. The molecule has 1 atom stereocenters. The Morgan fingerprint density at radius 3 is 2.29 bits per heavy atom. The van der Waals surface area contributed by atoms with Gasteiger partial charge in [-0.1, -0.05) is 34.8 Å². The summed E-state index contributed by atoms with van der Waals surface area (Å²) in [5.41, 5.74) is 0.610. The molecule has 38 heavy (non-hydrogen) atoms. The Kier molecular flexibility index (Phi) is 9.33. The zero-order valence-electron chi connectivity index (χ0n) is 20.2. The Balaban J connectivity index is 1.26. The van der Waals surface area contributed by atoms with Crippen LogP contribution >= 0.6 is 34.8 Å². The molecule has 0 aliphatic carbocycles. The van der Waals surface area contributed by atoms with Crippen molar-refractivity contribution in [3.63, 3.8) is 0 Å². The lowest BCUT2D eigenvalue weighted by molar-refractivity contribution is -0.136. The Labute approximate surface area is 234 Å². The molecule has 3 aromatic carbocycles. The predicted molar refractivity (Wildman–Crippen MR) is 144 cm³/mol. The molecule has 8 nitrogen and oxygen atoms in total. The second-order valence-corrected chi connectivity index (χ2v) is 9.41. The number of rotatable bonds is 10. The molecule has 0 spiro atoms. The van der Waals surface area contributed by atoms with E-state index in [1.807, 2.05) is 0 Å². The summed E-state index contributed by atoms with van der Waals surface area (Å²) in [6.45, 7) is 1.75. The molecule has 1 unspecified atom stereocenters. The van der Waals surface area contributed by atoms with E-state index in [4.69, 9.17) is 53.8 Å². The number of esters is 1. The molecule has 0 bridgehead atoms. The van der Waals surface area contributed by atoms with Crippen molar-refractivity contribution in [2.75, 3.05) is 13.2 Å². The number of nitrogens with zero attached hydrogens (tertiary/aromatic N) is 2. The maximum Gasteiger partial charge on any atom is 0.311 e. The van der Waals surface area contributed by atoms with Gasteiger partial charge < -0.3 is 18.9 Å². The number of halogens is 3. The Morgan fingerprint density at radius 2 is 1.61 bits per heavy atom. The van der Waals surface area contributed by atoms with E-state index >= 15 is 0 Å². The zero-order chi connectivity index (χ0) is 27.1. The summed E-state index contributed by atoms with van der Waals surface area (Å²) in [5, 5.41) is 7.01. The van der Waals surface area contributed by atoms with E-state index in [0.717, 1.165) is 0 Å². The molecule has 3 aromatic rings. The largest absolute Gasteiger partial charge is 0.492 e. The van der Waals surface area contributed by atoms with E-state index in [1.165, 1.54) is 11.9 Å². The van der Waals surface area contributed by atoms with E-state index in [0.29, 0.717) is 50.9 Å². The van der Waals surface area contributed by atoms with Gasteiger partial charge in [-0.3, -0.25) is 9.59 Å². The van der Waals surface area contributed by atoms with Crippen LogP contribution < -0.4 is 14.2 Å². The monoisotopic (exact) mass is 576 g/mol. The van der Waals surface area contributed by atoms with Crippen molar-refractivity contribution in [2.24, 2.45) is 5.10 Å². The van der Waals surface area contributed by atoms with E-state index in [-0.39, 0.29) is 24.8 Å². The van der Waals surface area contributed by atoms with Crippen molar-refractivity contribution in [2.45, 2.75) is 26.0 Å². The molecule has 0 N–H and O–H groups in total. The number of hydrazone groups is 1. The standard InChI is InChI=1S/C27H23Cl3N2O6/c1-17(33)32-25(16-36-21-11-6-19(28)7-12-21)38-27(31-32)18-4-9-22(10-5-18)37-26(34)3-2-14-35-24-13-8-20(29)15-23(24)30/h4-13,15,25H,2-3,14,16H2,1H3. The third-order valence-corrected chi connectivity index (χ3v) is 6.04. The molecule has 198 valence electrons. The molecule has 0 fully saturated rings. The SMILES string of the molecule is CC(=O)N1N=C(c2ccc(OC(=O)CCCOc3ccc(Cl)cc3Cl)cc2)OC1COc1ccc(Cl)cc1. The van der Waals surface area contributed by atoms with Gasteiger partial charge in [-0.15, -0.1) is 5.10 Å². The first-order chi connectivity index (χ1) is 18.3. The van der Waals surface area contributed by atoms with Crippen molar-refractivity contribution in [1.82, 2.24) is 5.01 Å². The van der Waals surface area contributed by atoms with Crippen LogP contribution in [0.15, 0.2) is 71.8 Å². The van der Waals surface area contributed by atoms with Crippen LogP contribution in [0.3, 0.4) is 0 Å². The first-order valence-electron chi connectivity index (χ1n) is 11.6. The van der Waals surface area contributed by atoms with Crippen LogP contribution in [0.5, 0.6) is 17.2 Å². The summed E-state index contributed by atoms with van der Waals surface area (Å²) in [5.74, 6) is 1.00. The molecule has 0 aromatic heterocycles. The lowest BCUT2D eigenvalue weighted by Crippen LogP contribution is -2.36. The minimum atomic E-state index is -0.736. The first kappa shape index (κ1) is 27.6. The average molecular weight is 578 g/mol.